The summed E-state index contributed by atoms with van der Waals surface area (Å²) in [6.45, 7) is 0.632. The molecule has 5 heteroatoms. The highest BCUT2D eigenvalue weighted by atomic mass is 16.3. The summed E-state index contributed by atoms with van der Waals surface area (Å²) >= 11 is 0. The number of aliphatic hydroxyl groups excluding tert-OH is 2. The normalized spacial score (nSPS) is 12.2. The highest BCUT2D eigenvalue weighted by Gasteiger charge is 2.25. The number of rotatable bonds is 9. The van der Waals surface area contributed by atoms with Crippen LogP contribution in [0.3, 0.4) is 0 Å². The number of amides is 1. The van der Waals surface area contributed by atoms with E-state index in [0.29, 0.717) is 5.56 Å². The van der Waals surface area contributed by atoms with Crippen LogP contribution in [-0.2, 0) is 17.6 Å². The second kappa shape index (κ2) is 12.5. The number of benzene rings is 3. The molecule has 3 aromatic carbocycles. The first kappa shape index (κ1) is 24.9. The average Bonchev–Trinajstić information content (AvgIpc) is 2.87. The lowest BCUT2D eigenvalue weighted by Gasteiger charge is -2.19. The first-order valence-corrected chi connectivity index (χ1v) is 11.3. The van der Waals surface area contributed by atoms with E-state index in [2.05, 4.69) is 53.6 Å². The summed E-state index contributed by atoms with van der Waals surface area (Å²) in [5.74, 6) is 5.07. The lowest BCUT2D eigenvalue weighted by molar-refractivity contribution is -0.125. The number of ketones is 1. The molecule has 0 aliphatic rings. The van der Waals surface area contributed by atoms with Crippen LogP contribution in [0, 0.1) is 11.8 Å². The second-order valence-electron chi connectivity index (χ2n) is 8.18. The van der Waals surface area contributed by atoms with Crippen molar-refractivity contribution in [1.29, 1.82) is 0 Å². The predicted molar refractivity (Wildman–Crippen MR) is 132 cm³/mol. The van der Waals surface area contributed by atoms with E-state index in [-0.39, 0.29) is 0 Å². The Bertz CT molecular complexity index is 1140. The van der Waals surface area contributed by atoms with E-state index in [1.54, 1.807) is 24.3 Å². The van der Waals surface area contributed by atoms with Crippen LogP contribution >= 0.6 is 0 Å². The molecule has 0 aromatic heterocycles. The third-order valence-electron chi connectivity index (χ3n) is 5.50. The molecule has 34 heavy (non-hydrogen) atoms. The van der Waals surface area contributed by atoms with Gasteiger partial charge in [0, 0.05) is 16.7 Å². The number of carbonyl (C=O) groups excluding carboxylic acids is 2. The van der Waals surface area contributed by atoms with Gasteiger partial charge in [-0.1, -0.05) is 54.3 Å². The molecule has 3 aromatic rings. The zero-order valence-corrected chi connectivity index (χ0v) is 19.2. The SMILES string of the molecule is C[C@@H](O)[C@H](NC(=O)c1ccc(C#Cc2ccc(CCCc3ccccc3)cc2)cc1)C(=O)CO. The smallest absolute Gasteiger partial charge is 0.251 e. The molecule has 5 nitrogen and oxygen atoms in total. The summed E-state index contributed by atoms with van der Waals surface area (Å²) in [6.07, 6.45) is 2.07. The molecular weight excluding hydrogens is 426 g/mol. The second-order valence-corrected chi connectivity index (χ2v) is 8.18. The fourth-order valence-electron chi connectivity index (χ4n) is 3.54. The van der Waals surface area contributed by atoms with Gasteiger partial charge in [-0.25, -0.2) is 0 Å². The van der Waals surface area contributed by atoms with Gasteiger partial charge < -0.3 is 15.5 Å². The van der Waals surface area contributed by atoms with Gasteiger partial charge in [-0.3, -0.25) is 9.59 Å². The molecule has 0 aliphatic heterocycles. The molecule has 174 valence electrons. The van der Waals surface area contributed by atoms with Crippen molar-refractivity contribution in [3.05, 3.63) is 107 Å². The van der Waals surface area contributed by atoms with Gasteiger partial charge in [-0.15, -0.1) is 0 Å². The van der Waals surface area contributed by atoms with E-state index in [9.17, 15) is 14.7 Å². The lowest BCUT2D eigenvalue weighted by atomic mass is 10.0. The van der Waals surface area contributed by atoms with Crippen molar-refractivity contribution < 1.29 is 19.8 Å². The average molecular weight is 456 g/mol. The number of nitrogens with one attached hydrogen (secondary N) is 1. The van der Waals surface area contributed by atoms with E-state index < -0.39 is 30.4 Å². The van der Waals surface area contributed by atoms with Crippen LogP contribution in [0.4, 0.5) is 0 Å². The van der Waals surface area contributed by atoms with E-state index >= 15 is 0 Å². The minimum atomic E-state index is -1.15. The van der Waals surface area contributed by atoms with Crippen LogP contribution in [0.2, 0.25) is 0 Å². The number of carbonyl (C=O) groups is 2. The molecule has 0 aliphatic carbocycles. The first-order chi connectivity index (χ1) is 16.5. The van der Waals surface area contributed by atoms with Gasteiger partial charge in [0.15, 0.2) is 5.78 Å². The minimum Gasteiger partial charge on any atom is -0.391 e. The topological polar surface area (TPSA) is 86.6 Å². The van der Waals surface area contributed by atoms with Crippen molar-refractivity contribution in [2.75, 3.05) is 6.61 Å². The summed E-state index contributed by atoms with van der Waals surface area (Å²) in [6, 6.07) is 24.2. The Morgan fingerprint density at radius 3 is 1.88 bits per heavy atom. The van der Waals surface area contributed by atoms with E-state index in [1.165, 1.54) is 18.1 Å². The van der Waals surface area contributed by atoms with Crippen molar-refractivity contribution in [2.45, 2.75) is 38.3 Å². The summed E-state index contributed by atoms with van der Waals surface area (Å²) in [7, 11) is 0. The van der Waals surface area contributed by atoms with Crippen LogP contribution in [0.5, 0.6) is 0 Å². The van der Waals surface area contributed by atoms with Gasteiger partial charge in [0.1, 0.15) is 12.6 Å². The van der Waals surface area contributed by atoms with Gasteiger partial charge in [0.25, 0.3) is 5.91 Å². The van der Waals surface area contributed by atoms with Gasteiger partial charge in [-0.2, -0.15) is 0 Å². The molecule has 0 fully saturated rings. The molecule has 0 heterocycles. The number of aliphatic hydroxyl groups is 2. The zero-order chi connectivity index (χ0) is 24.3. The Labute approximate surface area is 200 Å². The molecule has 2 atom stereocenters. The molecule has 0 bridgehead atoms. The lowest BCUT2D eigenvalue weighted by Crippen LogP contribution is -2.48. The van der Waals surface area contributed by atoms with Crippen molar-refractivity contribution in [3.63, 3.8) is 0 Å². The number of hydrogen-bond acceptors (Lipinski definition) is 4. The maximum Gasteiger partial charge on any atom is 0.251 e. The molecule has 0 radical (unpaired) electrons. The maximum absolute atomic E-state index is 12.4. The first-order valence-electron chi connectivity index (χ1n) is 11.3. The summed E-state index contributed by atoms with van der Waals surface area (Å²) < 4.78 is 0. The third kappa shape index (κ3) is 7.41. The summed E-state index contributed by atoms with van der Waals surface area (Å²) in [4.78, 5) is 24.0. The molecule has 3 N–H and O–H groups in total. The Morgan fingerprint density at radius 1 is 0.824 bits per heavy atom. The Hall–Kier alpha value is -3.72. The van der Waals surface area contributed by atoms with Crippen molar-refractivity contribution in [1.82, 2.24) is 5.32 Å². The Kier molecular flexibility index (Phi) is 9.16. The van der Waals surface area contributed by atoms with Gasteiger partial charge in [-0.05, 0) is 73.7 Å². The Balaban J connectivity index is 1.54. The van der Waals surface area contributed by atoms with Gasteiger partial charge >= 0.3 is 0 Å². The number of hydrogen-bond donors (Lipinski definition) is 3. The van der Waals surface area contributed by atoms with Crippen LogP contribution in [0.1, 0.15) is 46.0 Å². The van der Waals surface area contributed by atoms with E-state index in [1.807, 2.05) is 18.2 Å². The third-order valence-corrected chi connectivity index (χ3v) is 5.50. The molecule has 3 rings (SSSR count). The molecule has 1 amide bonds. The van der Waals surface area contributed by atoms with Crippen LogP contribution in [0.25, 0.3) is 0 Å². The van der Waals surface area contributed by atoms with Gasteiger partial charge in [0.05, 0.1) is 6.10 Å². The minimum absolute atomic E-state index is 0.335. The summed E-state index contributed by atoms with van der Waals surface area (Å²) in [5, 5.41) is 21.1. The largest absolute Gasteiger partial charge is 0.391 e. The number of Topliss-reactive ketones (excluding diaryl/α,β-unsaturated/α-hetero) is 1. The number of aryl methyl sites for hydroxylation is 2. The van der Waals surface area contributed by atoms with E-state index in [4.69, 9.17) is 5.11 Å². The zero-order valence-electron chi connectivity index (χ0n) is 19.2. The molecular formula is C29H29NO4. The molecule has 0 unspecified atom stereocenters. The van der Waals surface area contributed by atoms with Crippen LogP contribution < -0.4 is 5.32 Å². The van der Waals surface area contributed by atoms with Crippen LogP contribution in [-0.4, -0.2) is 40.7 Å². The van der Waals surface area contributed by atoms with Crippen molar-refractivity contribution >= 4 is 11.7 Å². The standard InChI is InChI=1S/C29H29NO4/c1-21(32)28(27(33)20-31)30-29(34)26-18-16-25(17-19-26)15-14-24-12-10-23(11-13-24)9-5-8-22-6-3-2-4-7-22/h2-4,6-7,10-13,16-19,21,28,31-32H,5,8-9,20H2,1H3,(H,30,34)/t21-,28+/m1/s1. The highest BCUT2D eigenvalue weighted by Crippen LogP contribution is 2.10. The van der Waals surface area contributed by atoms with Gasteiger partial charge in [0.2, 0.25) is 0 Å². The summed E-state index contributed by atoms with van der Waals surface area (Å²) in [5.41, 5.74) is 4.64. The maximum atomic E-state index is 12.4. The fraction of sp³-hybridized carbons (Fsp3) is 0.241. The van der Waals surface area contributed by atoms with Crippen molar-refractivity contribution in [2.24, 2.45) is 0 Å². The van der Waals surface area contributed by atoms with Crippen LogP contribution in [0.15, 0.2) is 78.9 Å². The highest BCUT2D eigenvalue weighted by molar-refractivity contribution is 5.98. The van der Waals surface area contributed by atoms with Crippen molar-refractivity contribution in [3.8, 4) is 11.8 Å². The molecule has 0 saturated carbocycles. The van der Waals surface area contributed by atoms with E-state index in [0.717, 1.165) is 30.4 Å². The quantitative estimate of drug-likeness (QED) is 0.432. The Morgan fingerprint density at radius 2 is 1.35 bits per heavy atom. The molecule has 0 spiro atoms. The molecule has 0 saturated heterocycles. The monoisotopic (exact) mass is 455 g/mol. The fourth-order valence-corrected chi connectivity index (χ4v) is 3.54. The predicted octanol–water partition coefficient (Wildman–Crippen LogP) is 3.30.